The Labute approximate surface area is 181 Å². The van der Waals surface area contributed by atoms with Gasteiger partial charge in [-0.25, -0.2) is 0 Å². The standard InChI is InChI=1S/C20H6F12N2/c21-17(22,23)12-1-8-9-2-13(18(24,25)26)15(20(30,31)32)4-11(9)16(7(5-33)6-34)10(8)3-14(12)19(27,28)29/h1-4,7,16H. The summed E-state index contributed by atoms with van der Waals surface area (Å²) in [5.41, 5.74) is -12.5. The first-order chi connectivity index (χ1) is 15.3. The van der Waals surface area contributed by atoms with Crippen LogP contribution in [0.5, 0.6) is 0 Å². The number of nitriles is 2. The molecule has 0 aromatic heterocycles. The second-order valence-corrected chi connectivity index (χ2v) is 7.17. The molecule has 0 saturated heterocycles. The van der Waals surface area contributed by atoms with Gasteiger partial charge in [-0.05, 0) is 46.5 Å². The largest absolute Gasteiger partial charge is 0.417 e. The fraction of sp³-hybridized carbons (Fsp3) is 0.300. The molecule has 0 unspecified atom stereocenters. The summed E-state index contributed by atoms with van der Waals surface area (Å²) in [6, 6.07) is 2.19. The molecule has 0 spiro atoms. The lowest BCUT2D eigenvalue weighted by molar-refractivity contribution is -0.162. The average molecular weight is 502 g/mol. The zero-order valence-electron chi connectivity index (χ0n) is 15.9. The Kier molecular flexibility index (Phi) is 5.60. The average Bonchev–Trinajstić information content (AvgIpc) is 2.98. The smallest absolute Gasteiger partial charge is 0.197 e. The predicted octanol–water partition coefficient (Wildman–Crippen LogP) is 7.54. The molecule has 0 heterocycles. The summed E-state index contributed by atoms with van der Waals surface area (Å²) in [6.07, 6.45) is -22.5. The SMILES string of the molecule is N#CC(C#N)C1c2cc(C(F)(F)F)c(C(F)(F)F)cc2-c2cc(C(F)(F)F)c(C(F)(F)F)cc21. The van der Waals surface area contributed by atoms with Gasteiger partial charge in [-0.15, -0.1) is 0 Å². The number of fused-ring (bicyclic) bond motifs is 3. The number of hydrogen-bond donors (Lipinski definition) is 0. The van der Waals surface area contributed by atoms with E-state index in [2.05, 4.69) is 0 Å². The predicted molar refractivity (Wildman–Crippen MR) is 88.4 cm³/mol. The van der Waals surface area contributed by atoms with Gasteiger partial charge in [0.1, 0.15) is 5.92 Å². The van der Waals surface area contributed by atoms with Crippen LogP contribution in [0.15, 0.2) is 24.3 Å². The monoisotopic (exact) mass is 502 g/mol. The molecule has 2 aromatic rings. The second-order valence-electron chi connectivity index (χ2n) is 7.17. The summed E-state index contributed by atoms with van der Waals surface area (Å²) < 4.78 is 160. The molecule has 0 N–H and O–H groups in total. The van der Waals surface area contributed by atoms with Gasteiger partial charge in [0.15, 0.2) is 0 Å². The Balaban J connectivity index is 2.52. The Hall–Kier alpha value is -3.42. The van der Waals surface area contributed by atoms with E-state index in [1.165, 1.54) is 12.1 Å². The lowest BCUT2D eigenvalue weighted by Gasteiger charge is -2.20. The fourth-order valence-corrected chi connectivity index (χ4v) is 3.86. The maximum absolute atomic E-state index is 13.4. The maximum atomic E-state index is 13.4. The molecule has 0 radical (unpaired) electrons. The molecular weight excluding hydrogens is 496 g/mol. The number of nitrogens with zero attached hydrogens (tertiary/aromatic N) is 2. The lowest BCUT2D eigenvalue weighted by Crippen LogP contribution is -2.18. The minimum Gasteiger partial charge on any atom is -0.197 e. The van der Waals surface area contributed by atoms with Crippen LogP contribution < -0.4 is 0 Å². The molecule has 1 aliphatic rings. The second kappa shape index (κ2) is 7.55. The van der Waals surface area contributed by atoms with Gasteiger partial charge in [0.2, 0.25) is 0 Å². The first kappa shape index (κ1) is 25.2. The van der Waals surface area contributed by atoms with Crippen molar-refractivity contribution >= 4 is 0 Å². The molecular formula is C20H6F12N2. The van der Waals surface area contributed by atoms with Crippen LogP contribution in [-0.4, -0.2) is 0 Å². The molecule has 14 heteroatoms. The van der Waals surface area contributed by atoms with E-state index < -0.39 is 81.0 Å². The first-order valence-corrected chi connectivity index (χ1v) is 8.76. The highest BCUT2D eigenvalue weighted by Crippen LogP contribution is 2.55. The van der Waals surface area contributed by atoms with Crippen molar-refractivity contribution in [1.82, 2.24) is 0 Å². The van der Waals surface area contributed by atoms with Crippen LogP contribution >= 0.6 is 0 Å². The molecule has 1 aliphatic carbocycles. The third-order valence-corrected chi connectivity index (χ3v) is 5.17. The van der Waals surface area contributed by atoms with Crippen LogP contribution in [0, 0.1) is 28.6 Å². The molecule has 2 nitrogen and oxygen atoms in total. The number of rotatable bonds is 1. The quantitative estimate of drug-likeness (QED) is 0.379. The topological polar surface area (TPSA) is 47.6 Å². The van der Waals surface area contributed by atoms with E-state index in [9.17, 15) is 63.2 Å². The number of benzene rings is 2. The van der Waals surface area contributed by atoms with Crippen molar-refractivity contribution in [1.29, 1.82) is 10.5 Å². The Morgan fingerprint density at radius 2 is 0.794 bits per heavy atom. The van der Waals surface area contributed by atoms with Crippen molar-refractivity contribution in [2.75, 3.05) is 0 Å². The van der Waals surface area contributed by atoms with Gasteiger partial charge >= 0.3 is 24.7 Å². The summed E-state index contributed by atoms with van der Waals surface area (Å²) in [5, 5.41) is 18.4. The molecule has 2 aromatic carbocycles. The van der Waals surface area contributed by atoms with E-state index in [4.69, 9.17) is 0 Å². The minimum atomic E-state index is -5.64. The highest BCUT2D eigenvalue weighted by atomic mass is 19.4. The van der Waals surface area contributed by atoms with Gasteiger partial charge in [-0.2, -0.15) is 63.2 Å². The zero-order valence-corrected chi connectivity index (χ0v) is 15.9. The Bertz CT molecular complexity index is 1140. The third-order valence-electron chi connectivity index (χ3n) is 5.17. The number of hydrogen-bond acceptors (Lipinski definition) is 2. The van der Waals surface area contributed by atoms with Gasteiger partial charge < -0.3 is 0 Å². The highest BCUT2D eigenvalue weighted by molar-refractivity contribution is 5.82. The van der Waals surface area contributed by atoms with Crippen LogP contribution in [0.2, 0.25) is 0 Å². The first-order valence-electron chi connectivity index (χ1n) is 8.76. The maximum Gasteiger partial charge on any atom is 0.417 e. The Morgan fingerprint density at radius 3 is 1.03 bits per heavy atom. The normalized spacial score (nSPS) is 14.6. The lowest BCUT2D eigenvalue weighted by atomic mass is 9.84. The summed E-state index contributed by atoms with van der Waals surface area (Å²) in [5.74, 6) is -3.98. The summed E-state index contributed by atoms with van der Waals surface area (Å²) >= 11 is 0. The van der Waals surface area contributed by atoms with Gasteiger partial charge in [-0.3, -0.25) is 0 Å². The van der Waals surface area contributed by atoms with Gasteiger partial charge in [-0.1, -0.05) is 0 Å². The fourth-order valence-electron chi connectivity index (χ4n) is 3.86. The summed E-state index contributed by atoms with van der Waals surface area (Å²) in [6.45, 7) is 0. The van der Waals surface area contributed by atoms with Crippen LogP contribution in [0.4, 0.5) is 52.7 Å². The van der Waals surface area contributed by atoms with Gasteiger partial charge in [0.05, 0.1) is 34.4 Å². The van der Waals surface area contributed by atoms with Crippen molar-refractivity contribution in [3.05, 3.63) is 57.6 Å². The summed E-state index contributed by atoms with van der Waals surface area (Å²) in [4.78, 5) is 0. The molecule has 0 bridgehead atoms. The van der Waals surface area contributed by atoms with E-state index in [1.54, 1.807) is 0 Å². The molecule has 34 heavy (non-hydrogen) atoms. The summed E-state index contributed by atoms with van der Waals surface area (Å²) in [7, 11) is 0. The molecule has 0 saturated carbocycles. The van der Waals surface area contributed by atoms with Crippen LogP contribution in [0.3, 0.4) is 0 Å². The van der Waals surface area contributed by atoms with Crippen molar-refractivity contribution < 1.29 is 52.7 Å². The van der Waals surface area contributed by atoms with Crippen molar-refractivity contribution in [2.45, 2.75) is 30.6 Å². The van der Waals surface area contributed by atoms with E-state index in [0.29, 0.717) is 0 Å². The Morgan fingerprint density at radius 1 is 0.529 bits per heavy atom. The third kappa shape index (κ3) is 4.13. The van der Waals surface area contributed by atoms with Crippen molar-refractivity contribution in [3.63, 3.8) is 0 Å². The molecule has 0 fully saturated rings. The van der Waals surface area contributed by atoms with Crippen molar-refractivity contribution in [2.24, 2.45) is 5.92 Å². The van der Waals surface area contributed by atoms with E-state index >= 15 is 0 Å². The number of halogens is 12. The number of alkyl halides is 12. The van der Waals surface area contributed by atoms with E-state index in [-0.39, 0.29) is 24.3 Å². The molecule has 0 aliphatic heterocycles. The zero-order chi connectivity index (χ0) is 26.0. The van der Waals surface area contributed by atoms with E-state index in [1.807, 2.05) is 0 Å². The van der Waals surface area contributed by atoms with E-state index in [0.717, 1.165) is 0 Å². The minimum absolute atomic E-state index is 0.0922. The van der Waals surface area contributed by atoms with Crippen molar-refractivity contribution in [3.8, 4) is 23.3 Å². The van der Waals surface area contributed by atoms with Crippen LogP contribution in [0.25, 0.3) is 11.1 Å². The molecule has 3 rings (SSSR count). The van der Waals surface area contributed by atoms with Crippen LogP contribution in [0.1, 0.15) is 39.3 Å². The van der Waals surface area contributed by atoms with Gasteiger partial charge in [0, 0.05) is 5.92 Å². The van der Waals surface area contributed by atoms with Gasteiger partial charge in [0.25, 0.3) is 0 Å². The molecule has 0 amide bonds. The highest BCUT2D eigenvalue weighted by Gasteiger charge is 2.49. The molecule has 180 valence electrons. The van der Waals surface area contributed by atoms with Crippen LogP contribution in [-0.2, 0) is 24.7 Å². The molecule has 0 atom stereocenters.